The predicted octanol–water partition coefficient (Wildman–Crippen LogP) is 1.49. The summed E-state index contributed by atoms with van der Waals surface area (Å²) in [7, 11) is 4.10. The maximum atomic E-state index is 12.5. The van der Waals surface area contributed by atoms with Gasteiger partial charge in [0.25, 0.3) is 0 Å². The third-order valence-corrected chi connectivity index (χ3v) is 5.48. The Morgan fingerprint density at radius 3 is 2.72 bits per heavy atom. The Hall–Kier alpha value is -1.43. The van der Waals surface area contributed by atoms with Gasteiger partial charge in [0.2, 0.25) is 5.91 Å². The topological polar surface area (TPSA) is 44.8 Å². The highest BCUT2D eigenvalue weighted by Crippen LogP contribution is 2.43. The van der Waals surface area contributed by atoms with E-state index in [4.69, 9.17) is 4.74 Å². The van der Waals surface area contributed by atoms with Crippen LogP contribution in [0.2, 0.25) is 0 Å². The molecule has 0 spiro atoms. The molecule has 0 unspecified atom stereocenters. The number of ether oxygens (including phenoxy) is 1. The molecule has 1 aliphatic heterocycles. The van der Waals surface area contributed by atoms with Gasteiger partial charge in [-0.15, -0.1) is 0 Å². The lowest BCUT2D eigenvalue weighted by Crippen LogP contribution is -2.51. The molecule has 2 aliphatic rings. The van der Waals surface area contributed by atoms with Crippen molar-refractivity contribution in [2.75, 3.05) is 53.4 Å². The van der Waals surface area contributed by atoms with Gasteiger partial charge in [0.1, 0.15) is 0 Å². The third kappa shape index (κ3) is 4.81. The van der Waals surface area contributed by atoms with Gasteiger partial charge in [-0.1, -0.05) is 36.8 Å². The summed E-state index contributed by atoms with van der Waals surface area (Å²) in [6, 6.07) is 10.6. The first-order valence-electron chi connectivity index (χ1n) is 9.38. The summed E-state index contributed by atoms with van der Waals surface area (Å²) in [5.74, 6) is 0.132. The Morgan fingerprint density at radius 1 is 1.32 bits per heavy atom. The van der Waals surface area contributed by atoms with Crippen molar-refractivity contribution in [2.24, 2.45) is 0 Å². The summed E-state index contributed by atoms with van der Waals surface area (Å²) in [6.45, 7) is 4.49. The maximum absolute atomic E-state index is 12.5. The van der Waals surface area contributed by atoms with Crippen molar-refractivity contribution in [1.29, 1.82) is 0 Å². The van der Waals surface area contributed by atoms with Crippen LogP contribution in [0.4, 0.5) is 0 Å². The second kappa shape index (κ2) is 8.30. The van der Waals surface area contributed by atoms with Crippen molar-refractivity contribution < 1.29 is 9.53 Å². The highest BCUT2D eigenvalue weighted by atomic mass is 16.5. The van der Waals surface area contributed by atoms with E-state index >= 15 is 0 Å². The Balaban J connectivity index is 1.48. The molecule has 0 aromatic heterocycles. The van der Waals surface area contributed by atoms with Gasteiger partial charge in [-0.25, -0.2) is 0 Å². The van der Waals surface area contributed by atoms with E-state index in [1.54, 1.807) is 0 Å². The third-order valence-electron chi connectivity index (χ3n) is 5.48. The summed E-state index contributed by atoms with van der Waals surface area (Å²) >= 11 is 0. The van der Waals surface area contributed by atoms with Crippen molar-refractivity contribution in [2.45, 2.75) is 30.8 Å². The lowest BCUT2D eigenvalue weighted by Gasteiger charge is -2.43. The van der Waals surface area contributed by atoms with Crippen LogP contribution < -0.4 is 5.32 Å². The minimum atomic E-state index is 0.132. The average molecular weight is 345 g/mol. The normalized spacial score (nSPS) is 23.2. The first-order chi connectivity index (χ1) is 12.1. The molecule has 1 atom stereocenters. The van der Waals surface area contributed by atoms with Crippen molar-refractivity contribution in [3.63, 3.8) is 0 Å². The minimum absolute atomic E-state index is 0.132. The Labute approximate surface area is 151 Å². The van der Waals surface area contributed by atoms with Gasteiger partial charge in [0.05, 0.1) is 19.3 Å². The van der Waals surface area contributed by atoms with Crippen molar-refractivity contribution in [1.82, 2.24) is 15.1 Å². The number of hydrogen-bond donors (Lipinski definition) is 1. The monoisotopic (exact) mass is 345 g/mol. The van der Waals surface area contributed by atoms with E-state index in [0.29, 0.717) is 13.2 Å². The number of nitrogens with zero attached hydrogens (tertiary/aromatic N) is 2. The molecular weight excluding hydrogens is 314 g/mol. The second-order valence-corrected chi connectivity index (χ2v) is 7.77. The van der Waals surface area contributed by atoms with Crippen LogP contribution in [0.25, 0.3) is 0 Å². The Bertz CT molecular complexity index is 557. The largest absolute Gasteiger partial charge is 0.374 e. The maximum Gasteiger partial charge on any atom is 0.234 e. The quantitative estimate of drug-likeness (QED) is 0.813. The number of amides is 1. The van der Waals surface area contributed by atoms with Crippen molar-refractivity contribution in [3.05, 3.63) is 35.9 Å². The second-order valence-electron chi connectivity index (χ2n) is 7.77. The fourth-order valence-corrected chi connectivity index (χ4v) is 3.93. The highest BCUT2D eigenvalue weighted by molar-refractivity contribution is 5.78. The molecule has 1 aromatic carbocycles. The molecule has 1 N–H and O–H groups in total. The molecule has 25 heavy (non-hydrogen) atoms. The standard InChI is InChI=1S/C20H31N3O2/c1-22(2)13-18-14-23(11-12-25-18)15-19(24)21-16-20(9-6-10-20)17-7-4-3-5-8-17/h3-5,7-8,18H,6,9-16H2,1-2H3,(H,21,24)/t18-/m1/s1. The minimum Gasteiger partial charge on any atom is -0.374 e. The van der Waals surface area contributed by atoms with E-state index in [9.17, 15) is 4.79 Å². The SMILES string of the molecule is CN(C)C[C@@H]1CN(CC(=O)NCC2(c3ccccc3)CCC2)CCO1. The summed E-state index contributed by atoms with van der Waals surface area (Å²) in [5, 5.41) is 3.19. The molecule has 138 valence electrons. The summed E-state index contributed by atoms with van der Waals surface area (Å²) in [6.07, 6.45) is 3.78. The van der Waals surface area contributed by atoms with Crippen LogP contribution in [-0.4, -0.2) is 75.2 Å². The van der Waals surface area contributed by atoms with Gasteiger partial charge >= 0.3 is 0 Å². The summed E-state index contributed by atoms with van der Waals surface area (Å²) in [5.41, 5.74) is 1.51. The molecule has 3 rings (SSSR count). The van der Waals surface area contributed by atoms with Crippen LogP contribution in [0, 0.1) is 0 Å². The van der Waals surface area contributed by atoms with Gasteiger partial charge < -0.3 is 15.0 Å². The van der Waals surface area contributed by atoms with Crippen LogP contribution in [0.15, 0.2) is 30.3 Å². The van der Waals surface area contributed by atoms with E-state index in [2.05, 4.69) is 59.5 Å². The van der Waals surface area contributed by atoms with Gasteiger partial charge in [-0.3, -0.25) is 9.69 Å². The molecule has 1 aromatic rings. The number of hydrogen-bond acceptors (Lipinski definition) is 4. The molecule has 1 aliphatic carbocycles. The zero-order valence-electron chi connectivity index (χ0n) is 15.5. The fourth-order valence-electron chi connectivity index (χ4n) is 3.93. The number of morpholine rings is 1. The smallest absolute Gasteiger partial charge is 0.234 e. The number of nitrogens with one attached hydrogen (secondary N) is 1. The van der Waals surface area contributed by atoms with Crippen LogP contribution in [-0.2, 0) is 14.9 Å². The van der Waals surface area contributed by atoms with Crippen LogP contribution in [0.3, 0.4) is 0 Å². The first-order valence-corrected chi connectivity index (χ1v) is 9.38. The Morgan fingerprint density at radius 2 is 2.08 bits per heavy atom. The zero-order valence-corrected chi connectivity index (χ0v) is 15.5. The molecular formula is C20H31N3O2. The molecule has 0 bridgehead atoms. The predicted molar refractivity (Wildman–Crippen MR) is 99.7 cm³/mol. The zero-order chi connectivity index (χ0) is 17.7. The number of carbonyl (C=O) groups excluding carboxylic acids is 1. The number of rotatable bonds is 7. The van der Waals surface area contributed by atoms with Crippen LogP contribution in [0.1, 0.15) is 24.8 Å². The lowest BCUT2D eigenvalue weighted by atomic mass is 9.64. The molecule has 1 heterocycles. The summed E-state index contributed by atoms with van der Waals surface area (Å²) < 4.78 is 5.78. The van der Waals surface area contributed by atoms with Crippen molar-refractivity contribution in [3.8, 4) is 0 Å². The summed E-state index contributed by atoms with van der Waals surface area (Å²) in [4.78, 5) is 16.8. The van der Waals surface area contributed by atoms with E-state index in [1.807, 2.05) is 0 Å². The van der Waals surface area contributed by atoms with E-state index in [0.717, 1.165) is 26.2 Å². The Kier molecular flexibility index (Phi) is 6.10. The molecule has 1 amide bonds. The molecule has 2 fully saturated rings. The molecule has 5 heteroatoms. The van der Waals surface area contributed by atoms with E-state index in [1.165, 1.54) is 24.8 Å². The lowest BCUT2D eigenvalue weighted by molar-refractivity contribution is -0.124. The average Bonchev–Trinajstić information content (AvgIpc) is 2.54. The first kappa shape index (κ1) is 18.4. The van der Waals surface area contributed by atoms with Crippen molar-refractivity contribution >= 4 is 5.91 Å². The van der Waals surface area contributed by atoms with Gasteiger partial charge in [-0.2, -0.15) is 0 Å². The van der Waals surface area contributed by atoms with Gasteiger partial charge in [0, 0.05) is 31.6 Å². The van der Waals surface area contributed by atoms with Gasteiger partial charge in [0.15, 0.2) is 0 Å². The molecule has 0 radical (unpaired) electrons. The van der Waals surface area contributed by atoms with Gasteiger partial charge in [-0.05, 0) is 32.5 Å². The molecule has 5 nitrogen and oxygen atoms in total. The van der Waals surface area contributed by atoms with Crippen LogP contribution >= 0.6 is 0 Å². The fraction of sp³-hybridized carbons (Fsp3) is 0.650. The van der Waals surface area contributed by atoms with Crippen LogP contribution in [0.5, 0.6) is 0 Å². The number of likely N-dealkylation sites (N-methyl/N-ethyl adjacent to an activating group) is 1. The number of carbonyl (C=O) groups is 1. The molecule has 1 saturated heterocycles. The van der Waals surface area contributed by atoms with E-state index < -0.39 is 0 Å². The highest BCUT2D eigenvalue weighted by Gasteiger charge is 2.38. The van der Waals surface area contributed by atoms with E-state index in [-0.39, 0.29) is 17.4 Å². The molecule has 1 saturated carbocycles. The number of benzene rings is 1.